The Morgan fingerprint density at radius 1 is 1.35 bits per heavy atom. The highest BCUT2D eigenvalue weighted by Crippen LogP contribution is 2.32. The van der Waals surface area contributed by atoms with Crippen molar-refractivity contribution in [1.82, 2.24) is 0 Å². The van der Waals surface area contributed by atoms with Crippen molar-refractivity contribution in [2.75, 3.05) is 11.5 Å². The van der Waals surface area contributed by atoms with Crippen molar-refractivity contribution < 1.29 is 14.6 Å². The first-order valence-electron chi connectivity index (χ1n) is 5.64. The van der Waals surface area contributed by atoms with Gasteiger partial charge in [0.1, 0.15) is 6.10 Å². The van der Waals surface area contributed by atoms with Crippen LogP contribution in [0.3, 0.4) is 0 Å². The Morgan fingerprint density at radius 2 is 1.88 bits per heavy atom. The molecule has 2 rings (SSSR count). The van der Waals surface area contributed by atoms with Gasteiger partial charge in [-0.15, -0.1) is 0 Å². The molecule has 1 heterocycles. The first kappa shape index (κ1) is 11.9. The maximum absolute atomic E-state index is 11.3. The van der Waals surface area contributed by atoms with Gasteiger partial charge in [0.25, 0.3) is 0 Å². The molecule has 92 valence electrons. The summed E-state index contributed by atoms with van der Waals surface area (Å²) >= 11 is 0. The number of benzene rings is 1. The number of ether oxygens (including phenoxy) is 1. The SMILES string of the molecule is CC(C)(C)N(C(=O)O)c1ccc(C2CO2)cc1. The standard InChI is InChI=1S/C13H17NO3/c1-13(2,3)14(12(15)16)10-6-4-9(5-7-10)11-8-17-11/h4-7,11H,8H2,1-3H3,(H,15,16). The number of hydrogen-bond donors (Lipinski definition) is 1. The fourth-order valence-corrected chi connectivity index (χ4v) is 1.86. The van der Waals surface area contributed by atoms with Crippen LogP contribution in [-0.2, 0) is 4.74 Å². The molecule has 0 bridgehead atoms. The Morgan fingerprint density at radius 3 is 2.24 bits per heavy atom. The van der Waals surface area contributed by atoms with Crippen molar-refractivity contribution in [2.45, 2.75) is 32.4 Å². The number of nitrogens with zero attached hydrogens (tertiary/aromatic N) is 1. The zero-order chi connectivity index (χ0) is 12.6. The fourth-order valence-electron chi connectivity index (χ4n) is 1.86. The Balaban J connectivity index is 2.27. The fraction of sp³-hybridized carbons (Fsp3) is 0.462. The van der Waals surface area contributed by atoms with Gasteiger partial charge in [-0.25, -0.2) is 4.79 Å². The second kappa shape index (κ2) is 4.04. The lowest BCUT2D eigenvalue weighted by Gasteiger charge is -2.33. The molecule has 1 fully saturated rings. The highest BCUT2D eigenvalue weighted by Gasteiger charge is 2.29. The van der Waals surface area contributed by atoms with Crippen molar-refractivity contribution in [1.29, 1.82) is 0 Å². The van der Waals surface area contributed by atoms with Crippen LogP contribution in [0, 0.1) is 0 Å². The molecule has 17 heavy (non-hydrogen) atoms. The first-order valence-corrected chi connectivity index (χ1v) is 5.64. The molecular weight excluding hydrogens is 218 g/mol. The number of carboxylic acid groups (broad SMARTS) is 1. The summed E-state index contributed by atoms with van der Waals surface area (Å²) in [4.78, 5) is 12.6. The third kappa shape index (κ3) is 2.58. The van der Waals surface area contributed by atoms with E-state index in [0.717, 1.165) is 12.2 Å². The molecular formula is C13H17NO3. The minimum Gasteiger partial charge on any atom is -0.465 e. The van der Waals surface area contributed by atoms with Crippen LogP contribution >= 0.6 is 0 Å². The maximum atomic E-state index is 11.3. The number of epoxide rings is 1. The summed E-state index contributed by atoms with van der Waals surface area (Å²) in [5.74, 6) is 0. The molecule has 1 N–H and O–H groups in total. The van der Waals surface area contributed by atoms with Gasteiger partial charge in [0, 0.05) is 11.2 Å². The minimum absolute atomic E-state index is 0.206. The van der Waals surface area contributed by atoms with E-state index < -0.39 is 11.6 Å². The molecule has 1 atom stereocenters. The second-order valence-electron chi connectivity index (χ2n) is 5.20. The average molecular weight is 235 g/mol. The third-order valence-electron chi connectivity index (χ3n) is 2.72. The van der Waals surface area contributed by atoms with Gasteiger partial charge in [-0.05, 0) is 38.5 Å². The lowest BCUT2D eigenvalue weighted by molar-refractivity contribution is 0.195. The molecule has 0 spiro atoms. The van der Waals surface area contributed by atoms with Gasteiger partial charge in [0.05, 0.1) is 6.61 Å². The third-order valence-corrected chi connectivity index (χ3v) is 2.72. The zero-order valence-electron chi connectivity index (χ0n) is 10.3. The van der Waals surface area contributed by atoms with Crippen molar-refractivity contribution in [3.8, 4) is 0 Å². The molecule has 4 nitrogen and oxygen atoms in total. The molecule has 0 aromatic heterocycles. The van der Waals surface area contributed by atoms with E-state index in [1.54, 1.807) is 0 Å². The molecule has 0 saturated carbocycles. The average Bonchev–Trinajstić information content (AvgIpc) is 2.99. The second-order valence-corrected chi connectivity index (χ2v) is 5.20. The summed E-state index contributed by atoms with van der Waals surface area (Å²) in [7, 11) is 0. The van der Waals surface area contributed by atoms with Gasteiger partial charge in [0.15, 0.2) is 0 Å². The van der Waals surface area contributed by atoms with E-state index in [4.69, 9.17) is 4.74 Å². The molecule has 4 heteroatoms. The summed E-state index contributed by atoms with van der Waals surface area (Å²) in [6, 6.07) is 7.51. The van der Waals surface area contributed by atoms with Crippen molar-refractivity contribution in [2.24, 2.45) is 0 Å². The quantitative estimate of drug-likeness (QED) is 0.801. The first-order chi connectivity index (χ1) is 7.89. The molecule has 0 aliphatic carbocycles. The largest absolute Gasteiger partial charge is 0.465 e. The molecule has 0 radical (unpaired) electrons. The Kier molecular flexibility index (Phi) is 2.83. The van der Waals surface area contributed by atoms with Crippen LogP contribution in [0.25, 0.3) is 0 Å². The molecule has 1 aliphatic heterocycles. The number of rotatable bonds is 2. The van der Waals surface area contributed by atoms with Gasteiger partial charge >= 0.3 is 6.09 Å². The van der Waals surface area contributed by atoms with E-state index >= 15 is 0 Å². The van der Waals surface area contributed by atoms with E-state index in [2.05, 4.69) is 0 Å². The van der Waals surface area contributed by atoms with Crippen LogP contribution in [0.15, 0.2) is 24.3 Å². The van der Waals surface area contributed by atoms with E-state index in [0.29, 0.717) is 5.69 Å². The molecule has 1 unspecified atom stereocenters. The van der Waals surface area contributed by atoms with Crippen LogP contribution in [-0.4, -0.2) is 23.3 Å². The van der Waals surface area contributed by atoms with E-state index in [9.17, 15) is 9.90 Å². The molecule has 1 aliphatic rings. The van der Waals surface area contributed by atoms with Crippen LogP contribution < -0.4 is 4.90 Å². The predicted molar refractivity (Wildman–Crippen MR) is 65.4 cm³/mol. The van der Waals surface area contributed by atoms with E-state index in [1.807, 2.05) is 45.0 Å². The molecule has 1 aromatic carbocycles. The van der Waals surface area contributed by atoms with Crippen molar-refractivity contribution >= 4 is 11.8 Å². The van der Waals surface area contributed by atoms with Gasteiger partial charge in [-0.2, -0.15) is 0 Å². The summed E-state index contributed by atoms with van der Waals surface area (Å²) < 4.78 is 5.18. The highest BCUT2D eigenvalue weighted by molar-refractivity contribution is 5.87. The van der Waals surface area contributed by atoms with Crippen LogP contribution in [0.5, 0.6) is 0 Å². The lowest BCUT2D eigenvalue weighted by Crippen LogP contribution is -2.45. The number of hydrogen-bond acceptors (Lipinski definition) is 2. The van der Waals surface area contributed by atoms with Crippen LogP contribution in [0.4, 0.5) is 10.5 Å². The van der Waals surface area contributed by atoms with Gasteiger partial charge in [-0.1, -0.05) is 12.1 Å². The topological polar surface area (TPSA) is 53.1 Å². The Bertz CT molecular complexity index is 415. The molecule has 1 aromatic rings. The van der Waals surface area contributed by atoms with Crippen molar-refractivity contribution in [3.63, 3.8) is 0 Å². The Hall–Kier alpha value is -1.55. The smallest absolute Gasteiger partial charge is 0.412 e. The Labute approximate surface area is 101 Å². The monoisotopic (exact) mass is 235 g/mol. The van der Waals surface area contributed by atoms with Gasteiger partial charge < -0.3 is 9.84 Å². The summed E-state index contributed by atoms with van der Waals surface area (Å²) in [5.41, 5.74) is 1.34. The van der Waals surface area contributed by atoms with Gasteiger partial charge in [0.2, 0.25) is 0 Å². The number of amides is 1. The molecule has 1 amide bonds. The normalized spacial score (nSPS) is 18.9. The molecule has 1 saturated heterocycles. The van der Waals surface area contributed by atoms with Crippen LogP contribution in [0.2, 0.25) is 0 Å². The summed E-state index contributed by atoms with van der Waals surface area (Å²) in [6.45, 7) is 6.39. The van der Waals surface area contributed by atoms with Crippen molar-refractivity contribution in [3.05, 3.63) is 29.8 Å². The lowest BCUT2D eigenvalue weighted by atomic mass is 10.0. The summed E-state index contributed by atoms with van der Waals surface area (Å²) in [6.07, 6.45) is -0.732. The minimum atomic E-state index is -0.937. The van der Waals surface area contributed by atoms with E-state index in [-0.39, 0.29) is 6.10 Å². The number of anilines is 1. The van der Waals surface area contributed by atoms with Crippen LogP contribution in [0.1, 0.15) is 32.4 Å². The van der Waals surface area contributed by atoms with Gasteiger partial charge in [-0.3, -0.25) is 4.90 Å². The predicted octanol–water partition coefficient (Wildman–Crippen LogP) is 3.04. The maximum Gasteiger partial charge on any atom is 0.412 e. The highest BCUT2D eigenvalue weighted by atomic mass is 16.6. The zero-order valence-corrected chi connectivity index (χ0v) is 10.3. The number of carbonyl (C=O) groups is 1. The summed E-state index contributed by atoms with van der Waals surface area (Å²) in [5, 5.41) is 9.25. The van der Waals surface area contributed by atoms with E-state index in [1.165, 1.54) is 4.90 Å².